The number of fused-ring (bicyclic) bond motifs is 1. The van der Waals surface area contributed by atoms with Crippen molar-refractivity contribution in [2.24, 2.45) is 5.73 Å². The predicted octanol–water partition coefficient (Wildman–Crippen LogP) is 2.61. The van der Waals surface area contributed by atoms with Gasteiger partial charge in [0.05, 0.1) is 17.4 Å². The Hall–Kier alpha value is -1.79. The fraction of sp³-hybridized carbons (Fsp3) is 0.438. The van der Waals surface area contributed by atoms with E-state index in [4.69, 9.17) is 11.1 Å². The number of nitrogen functional groups attached to an aromatic ring is 1. The van der Waals surface area contributed by atoms with E-state index in [0.29, 0.717) is 11.6 Å². The van der Waals surface area contributed by atoms with Gasteiger partial charge < -0.3 is 15.6 Å². The third-order valence-corrected chi connectivity index (χ3v) is 4.22. The summed E-state index contributed by atoms with van der Waals surface area (Å²) in [6.45, 7) is 0.270. The first-order valence-electron chi connectivity index (χ1n) is 7.72. The highest BCUT2D eigenvalue weighted by atomic mass is 35.5. The second kappa shape index (κ2) is 8.89. The molecule has 6 nitrogen and oxygen atoms in total. The normalized spacial score (nSPS) is 14.5. The average Bonchev–Trinajstić information content (AvgIpc) is 2.90. The minimum atomic E-state index is 0. The molecule has 1 aromatic carbocycles. The summed E-state index contributed by atoms with van der Waals surface area (Å²) in [5.74, 6) is 0.0494. The number of hydrogen-bond donors (Lipinski definition) is 3. The third-order valence-electron chi connectivity index (χ3n) is 4.22. The van der Waals surface area contributed by atoms with Crippen LogP contribution in [0.4, 0.5) is 0 Å². The molecule has 0 unspecified atom stereocenters. The number of carbonyl (C=O) groups is 1. The number of nitrogens with two attached hydrogens (primary N) is 1. The molecular formula is C16H23Cl2N5O. The van der Waals surface area contributed by atoms with Crippen LogP contribution in [0.5, 0.6) is 0 Å². The lowest BCUT2D eigenvalue weighted by molar-refractivity contribution is -0.122. The molecule has 2 aromatic rings. The first kappa shape index (κ1) is 20.3. The van der Waals surface area contributed by atoms with E-state index in [-0.39, 0.29) is 43.1 Å². The number of halogens is 2. The predicted molar refractivity (Wildman–Crippen MR) is 100 cm³/mol. The molecule has 1 fully saturated rings. The quantitative estimate of drug-likeness (QED) is 0.569. The van der Waals surface area contributed by atoms with E-state index >= 15 is 0 Å². The molecule has 8 heteroatoms. The Morgan fingerprint density at radius 1 is 1.29 bits per heavy atom. The lowest BCUT2D eigenvalue weighted by Gasteiger charge is -2.22. The molecule has 1 saturated carbocycles. The maximum absolute atomic E-state index is 12.2. The maximum Gasteiger partial charge on any atom is 0.240 e. The Labute approximate surface area is 153 Å². The van der Waals surface area contributed by atoms with Gasteiger partial charge in [0.2, 0.25) is 5.91 Å². The third kappa shape index (κ3) is 4.61. The highest BCUT2D eigenvalue weighted by Gasteiger charge is 2.16. The zero-order valence-electron chi connectivity index (χ0n) is 13.3. The van der Waals surface area contributed by atoms with Gasteiger partial charge in [0.1, 0.15) is 12.4 Å². The van der Waals surface area contributed by atoms with Crippen molar-refractivity contribution in [3.63, 3.8) is 0 Å². The number of amides is 1. The van der Waals surface area contributed by atoms with Crippen LogP contribution < -0.4 is 11.1 Å². The van der Waals surface area contributed by atoms with Crippen LogP contribution in [0, 0.1) is 5.41 Å². The average molecular weight is 372 g/mol. The largest absolute Gasteiger partial charge is 0.384 e. The summed E-state index contributed by atoms with van der Waals surface area (Å²) in [5, 5.41) is 10.6. The Morgan fingerprint density at radius 2 is 2.00 bits per heavy atom. The Bertz CT molecular complexity index is 710. The van der Waals surface area contributed by atoms with Crippen molar-refractivity contribution in [2.75, 3.05) is 0 Å². The van der Waals surface area contributed by atoms with Crippen LogP contribution in [-0.4, -0.2) is 27.3 Å². The van der Waals surface area contributed by atoms with Crippen molar-refractivity contribution in [1.82, 2.24) is 14.9 Å². The van der Waals surface area contributed by atoms with Crippen LogP contribution in [0.15, 0.2) is 24.5 Å². The van der Waals surface area contributed by atoms with Crippen molar-refractivity contribution in [2.45, 2.75) is 44.7 Å². The molecule has 0 radical (unpaired) electrons. The second-order valence-corrected chi connectivity index (χ2v) is 5.89. The molecule has 0 aliphatic heterocycles. The van der Waals surface area contributed by atoms with Crippen molar-refractivity contribution in [3.8, 4) is 0 Å². The van der Waals surface area contributed by atoms with Crippen LogP contribution >= 0.6 is 24.8 Å². The highest BCUT2D eigenvalue weighted by molar-refractivity contribution is 5.98. The minimum Gasteiger partial charge on any atom is -0.384 e. The molecule has 0 spiro atoms. The van der Waals surface area contributed by atoms with Gasteiger partial charge in [-0.2, -0.15) is 0 Å². The molecule has 1 aromatic heterocycles. The summed E-state index contributed by atoms with van der Waals surface area (Å²) in [6.07, 6.45) is 7.50. The maximum atomic E-state index is 12.2. The molecular weight excluding hydrogens is 349 g/mol. The van der Waals surface area contributed by atoms with E-state index in [2.05, 4.69) is 10.3 Å². The van der Waals surface area contributed by atoms with E-state index in [1.807, 2.05) is 10.6 Å². The number of rotatable bonds is 4. The van der Waals surface area contributed by atoms with E-state index in [1.165, 1.54) is 19.3 Å². The smallest absolute Gasteiger partial charge is 0.240 e. The lowest BCUT2D eigenvalue weighted by atomic mass is 9.95. The number of benzene rings is 1. The zero-order valence-corrected chi connectivity index (χ0v) is 15.0. The van der Waals surface area contributed by atoms with Crippen LogP contribution in [0.2, 0.25) is 0 Å². The fourth-order valence-electron chi connectivity index (χ4n) is 3.03. The Balaban J connectivity index is 0.00000144. The molecule has 0 saturated heterocycles. The van der Waals surface area contributed by atoms with Gasteiger partial charge in [0.15, 0.2) is 0 Å². The number of imidazole rings is 1. The van der Waals surface area contributed by atoms with Crippen LogP contribution in [0.3, 0.4) is 0 Å². The summed E-state index contributed by atoms with van der Waals surface area (Å²) >= 11 is 0. The van der Waals surface area contributed by atoms with E-state index in [9.17, 15) is 4.79 Å². The lowest BCUT2D eigenvalue weighted by Crippen LogP contribution is -2.38. The van der Waals surface area contributed by atoms with Crippen LogP contribution in [-0.2, 0) is 11.3 Å². The molecule has 24 heavy (non-hydrogen) atoms. The highest BCUT2D eigenvalue weighted by Crippen LogP contribution is 2.18. The Morgan fingerprint density at radius 3 is 2.67 bits per heavy atom. The Kier molecular flexibility index (Phi) is 7.51. The summed E-state index contributed by atoms with van der Waals surface area (Å²) in [4.78, 5) is 16.5. The summed E-state index contributed by atoms with van der Waals surface area (Å²) in [6, 6.07) is 5.72. The molecule has 1 aliphatic carbocycles. The summed E-state index contributed by atoms with van der Waals surface area (Å²) < 4.78 is 1.83. The van der Waals surface area contributed by atoms with Gasteiger partial charge in [-0.1, -0.05) is 19.3 Å². The summed E-state index contributed by atoms with van der Waals surface area (Å²) in [5.41, 5.74) is 7.75. The summed E-state index contributed by atoms with van der Waals surface area (Å²) in [7, 11) is 0. The van der Waals surface area contributed by atoms with Gasteiger partial charge >= 0.3 is 0 Å². The van der Waals surface area contributed by atoms with Crippen LogP contribution in [0.25, 0.3) is 11.0 Å². The molecule has 3 rings (SSSR count). The van der Waals surface area contributed by atoms with Gasteiger partial charge in [-0.05, 0) is 31.0 Å². The molecule has 1 amide bonds. The van der Waals surface area contributed by atoms with Crippen molar-refractivity contribution in [3.05, 3.63) is 30.1 Å². The number of hydrogen-bond acceptors (Lipinski definition) is 3. The van der Waals surface area contributed by atoms with E-state index < -0.39 is 0 Å². The molecule has 132 valence electrons. The first-order chi connectivity index (χ1) is 10.6. The van der Waals surface area contributed by atoms with E-state index in [0.717, 1.165) is 23.9 Å². The zero-order chi connectivity index (χ0) is 15.5. The number of nitrogens with zero attached hydrogens (tertiary/aromatic N) is 2. The van der Waals surface area contributed by atoms with Crippen molar-refractivity contribution >= 4 is 47.6 Å². The fourth-order valence-corrected chi connectivity index (χ4v) is 3.03. The van der Waals surface area contributed by atoms with Crippen molar-refractivity contribution < 1.29 is 4.79 Å². The van der Waals surface area contributed by atoms with Gasteiger partial charge in [-0.25, -0.2) is 4.98 Å². The second-order valence-electron chi connectivity index (χ2n) is 5.89. The number of nitrogens with one attached hydrogen (secondary N) is 2. The molecule has 1 aliphatic rings. The number of amidine groups is 1. The number of aromatic nitrogens is 2. The van der Waals surface area contributed by atoms with Gasteiger partial charge in [0, 0.05) is 11.6 Å². The molecule has 0 atom stereocenters. The topological polar surface area (TPSA) is 96.8 Å². The van der Waals surface area contributed by atoms with Crippen LogP contribution in [0.1, 0.15) is 37.7 Å². The van der Waals surface area contributed by atoms with Gasteiger partial charge in [-0.3, -0.25) is 10.2 Å². The monoisotopic (exact) mass is 371 g/mol. The SMILES string of the molecule is Cl.Cl.N=C(N)c1ccc2c(c1)ncn2CC(=O)NC1CCCCC1. The van der Waals surface area contributed by atoms with Gasteiger partial charge in [-0.15, -0.1) is 24.8 Å². The molecule has 1 heterocycles. The van der Waals surface area contributed by atoms with Crippen molar-refractivity contribution in [1.29, 1.82) is 5.41 Å². The first-order valence-corrected chi connectivity index (χ1v) is 7.72. The van der Waals surface area contributed by atoms with Gasteiger partial charge in [0.25, 0.3) is 0 Å². The number of carbonyl (C=O) groups excluding carboxylic acids is 1. The minimum absolute atomic E-state index is 0. The standard InChI is InChI=1S/C16H21N5O.2ClH/c17-16(18)11-6-7-14-13(8-11)19-10-21(14)9-15(22)20-12-4-2-1-3-5-12;;/h6-8,10,12H,1-5,9H2,(H3,17,18)(H,20,22);2*1H. The molecule has 0 bridgehead atoms. The molecule has 4 N–H and O–H groups in total. The van der Waals surface area contributed by atoms with E-state index in [1.54, 1.807) is 18.5 Å².